The summed E-state index contributed by atoms with van der Waals surface area (Å²) in [4.78, 5) is 8.51. The number of nitrogens with one attached hydrogen (secondary N) is 2. The van der Waals surface area contributed by atoms with Gasteiger partial charge in [0.25, 0.3) is 0 Å². The van der Waals surface area contributed by atoms with Crippen molar-refractivity contribution in [3.63, 3.8) is 0 Å². The summed E-state index contributed by atoms with van der Waals surface area (Å²) in [6, 6.07) is 13.9. The lowest BCUT2D eigenvalue weighted by Gasteiger charge is -2.13. The minimum atomic E-state index is 0.685. The van der Waals surface area contributed by atoms with Gasteiger partial charge in [-0.05, 0) is 37.6 Å². The van der Waals surface area contributed by atoms with Gasteiger partial charge in [0.2, 0.25) is 0 Å². The van der Waals surface area contributed by atoms with Crippen molar-refractivity contribution < 1.29 is 4.42 Å². The van der Waals surface area contributed by atoms with E-state index in [1.54, 1.807) is 10.9 Å². The molecule has 0 spiro atoms. The van der Waals surface area contributed by atoms with Gasteiger partial charge in [-0.1, -0.05) is 12.1 Å². The number of hydrogen-bond acceptors (Lipinski definition) is 6. The Morgan fingerprint density at radius 1 is 1.04 bits per heavy atom. The molecular weight excluding hydrogens is 340 g/mol. The number of hydrogen-bond donors (Lipinski definition) is 2. The summed E-state index contributed by atoms with van der Waals surface area (Å²) in [5, 5.41) is 11.1. The van der Waals surface area contributed by atoms with Crippen molar-refractivity contribution in [3.8, 4) is 17.1 Å². The first-order valence-corrected chi connectivity index (χ1v) is 8.62. The van der Waals surface area contributed by atoms with Crippen LogP contribution in [-0.4, -0.2) is 26.8 Å². The van der Waals surface area contributed by atoms with E-state index < -0.39 is 0 Å². The molecule has 0 radical (unpaired) electrons. The predicted molar refractivity (Wildman–Crippen MR) is 106 cm³/mol. The monoisotopic (exact) mass is 360 g/mol. The molecule has 0 aliphatic rings. The molecule has 0 saturated carbocycles. The molecular formula is C20H20N6O. The third-order valence-electron chi connectivity index (χ3n) is 4.26. The van der Waals surface area contributed by atoms with Crippen LogP contribution in [0, 0.1) is 13.8 Å². The molecule has 0 unspecified atom stereocenters. The first-order chi connectivity index (χ1) is 13.1. The van der Waals surface area contributed by atoms with Crippen LogP contribution < -0.4 is 10.6 Å². The van der Waals surface area contributed by atoms with Gasteiger partial charge in [0, 0.05) is 30.4 Å². The molecule has 0 atom stereocenters. The van der Waals surface area contributed by atoms with Crippen LogP contribution in [0.15, 0.2) is 59.5 Å². The number of rotatable bonds is 5. The third-order valence-corrected chi connectivity index (χ3v) is 4.26. The highest BCUT2D eigenvalue weighted by atomic mass is 16.3. The zero-order chi connectivity index (χ0) is 18.8. The fourth-order valence-electron chi connectivity index (χ4n) is 2.85. The Labute approximate surface area is 157 Å². The molecule has 0 saturated heterocycles. The van der Waals surface area contributed by atoms with Gasteiger partial charge in [-0.2, -0.15) is 9.78 Å². The first-order valence-electron chi connectivity index (χ1n) is 8.62. The maximum atomic E-state index is 5.52. The van der Waals surface area contributed by atoms with Crippen molar-refractivity contribution in [1.82, 2.24) is 19.7 Å². The van der Waals surface area contributed by atoms with E-state index in [1.807, 2.05) is 44.3 Å². The molecule has 0 fully saturated rings. The molecule has 2 N–H and O–H groups in total. The summed E-state index contributed by atoms with van der Waals surface area (Å²) >= 11 is 0. The number of aromatic nitrogens is 4. The van der Waals surface area contributed by atoms with E-state index in [2.05, 4.69) is 44.8 Å². The molecule has 27 heavy (non-hydrogen) atoms. The lowest BCUT2D eigenvalue weighted by Crippen LogP contribution is -2.06. The molecule has 4 aromatic rings. The van der Waals surface area contributed by atoms with Crippen LogP contribution in [0.1, 0.15) is 11.3 Å². The van der Waals surface area contributed by atoms with Crippen LogP contribution in [0.2, 0.25) is 0 Å². The van der Waals surface area contributed by atoms with E-state index in [0.717, 1.165) is 39.9 Å². The highest BCUT2D eigenvalue weighted by Crippen LogP contribution is 2.29. The highest BCUT2D eigenvalue weighted by Gasteiger charge is 2.12. The maximum Gasteiger partial charge on any atom is 0.161 e. The highest BCUT2D eigenvalue weighted by molar-refractivity contribution is 5.70. The number of benzene rings is 1. The Balaban J connectivity index is 1.72. The van der Waals surface area contributed by atoms with Crippen LogP contribution in [0.4, 0.5) is 17.3 Å². The standard InChI is InChI=1S/C20H20N6O/c1-13-6-7-15(17-5-4-8-27-17)10-16(13)24-20-9-14(2)25-26(20)19-11-18(21-3)22-12-23-19/h4-12,24H,1-3H3,(H,21,22,23). The predicted octanol–water partition coefficient (Wildman–Crippen LogP) is 4.32. The molecule has 136 valence electrons. The summed E-state index contributed by atoms with van der Waals surface area (Å²) in [6.07, 6.45) is 3.19. The quantitative estimate of drug-likeness (QED) is 0.551. The molecule has 7 nitrogen and oxygen atoms in total. The number of aryl methyl sites for hydroxylation is 2. The van der Waals surface area contributed by atoms with Crippen molar-refractivity contribution in [2.24, 2.45) is 0 Å². The van der Waals surface area contributed by atoms with Gasteiger partial charge in [0.05, 0.1) is 12.0 Å². The van der Waals surface area contributed by atoms with Gasteiger partial charge in [-0.15, -0.1) is 0 Å². The molecule has 4 rings (SSSR count). The van der Waals surface area contributed by atoms with E-state index in [9.17, 15) is 0 Å². The minimum Gasteiger partial charge on any atom is -0.464 e. The Bertz CT molecular complexity index is 1070. The maximum absolute atomic E-state index is 5.52. The van der Waals surface area contributed by atoms with E-state index >= 15 is 0 Å². The van der Waals surface area contributed by atoms with E-state index in [-0.39, 0.29) is 0 Å². The zero-order valence-electron chi connectivity index (χ0n) is 15.4. The normalized spacial score (nSPS) is 10.8. The average Bonchev–Trinajstić information content (AvgIpc) is 3.33. The van der Waals surface area contributed by atoms with Gasteiger partial charge in [-0.25, -0.2) is 9.97 Å². The van der Waals surface area contributed by atoms with Crippen molar-refractivity contribution in [1.29, 1.82) is 0 Å². The Hall–Kier alpha value is -3.61. The Morgan fingerprint density at radius 3 is 2.70 bits per heavy atom. The molecule has 0 bridgehead atoms. The fourth-order valence-corrected chi connectivity index (χ4v) is 2.85. The fraction of sp³-hybridized carbons (Fsp3) is 0.150. The third kappa shape index (κ3) is 3.39. The number of anilines is 3. The lowest BCUT2D eigenvalue weighted by molar-refractivity contribution is 0.582. The molecule has 0 aliphatic carbocycles. The van der Waals surface area contributed by atoms with Crippen LogP contribution in [0.3, 0.4) is 0 Å². The van der Waals surface area contributed by atoms with Gasteiger partial charge in [-0.3, -0.25) is 0 Å². The van der Waals surface area contributed by atoms with Crippen molar-refractivity contribution in [3.05, 3.63) is 66.3 Å². The van der Waals surface area contributed by atoms with E-state index in [0.29, 0.717) is 5.82 Å². The first kappa shape index (κ1) is 16.8. The second-order valence-corrected chi connectivity index (χ2v) is 6.23. The molecule has 7 heteroatoms. The van der Waals surface area contributed by atoms with Crippen LogP contribution in [-0.2, 0) is 0 Å². The van der Waals surface area contributed by atoms with Crippen molar-refractivity contribution in [2.75, 3.05) is 17.7 Å². The topological polar surface area (TPSA) is 80.8 Å². The molecule has 0 amide bonds. The molecule has 1 aromatic carbocycles. The number of furan rings is 1. The second-order valence-electron chi connectivity index (χ2n) is 6.23. The van der Waals surface area contributed by atoms with E-state index in [4.69, 9.17) is 4.42 Å². The summed E-state index contributed by atoms with van der Waals surface area (Å²) < 4.78 is 7.29. The van der Waals surface area contributed by atoms with Gasteiger partial charge < -0.3 is 15.1 Å². The molecule has 3 heterocycles. The number of nitrogens with zero attached hydrogens (tertiary/aromatic N) is 4. The zero-order valence-corrected chi connectivity index (χ0v) is 15.4. The van der Waals surface area contributed by atoms with Gasteiger partial charge in [0.1, 0.15) is 23.7 Å². The van der Waals surface area contributed by atoms with E-state index in [1.165, 1.54) is 6.33 Å². The average molecular weight is 360 g/mol. The molecule has 0 aliphatic heterocycles. The summed E-state index contributed by atoms with van der Waals surface area (Å²) in [7, 11) is 1.82. The van der Waals surface area contributed by atoms with Gasteiger partial charge in [0.15, 0.2) is 5.82 Å². The smallest absolute Gasteiger partial charge is 0.161 e. The van der Waals surface area contributed by atoms with Gasteiger partial charge >= 0.3 is 0 Å². The van der Waals surface area contributed by atoms with Crippen LogP contribution in [0.25, 0.3) is 17.1 Å². The van der Waals surface area contributed by atoms with Crippen LogP contribution in [0.5, 0.6) is 0 Å². The lowest BCUT2D eigenvalue weighted by atomic mass is 10.1. The van der Waals surface area contributed by atoms with Crippen molar-refractivity contribution >= 4 is 17.3 Å². The molecule has 3 aromatic heterocycles. The summed E-state index contributed by atoms with van der Waals surface area (Å²) in [5.41, 5.74) is 4.00. The summed E-state index contributed by atoms with van der Waals surface area (Å²) in [5.74, 6) is 3.07. The second kappa shape index (κ2) is 6.95. The summed E-state index contributed by atoms with van der Waals surface area (Å²) in [6.45, 7) is 4.01. The van der Waals surface area contributed by atoms with Crippen LogP contribution >= 0.6 is 0 Å². The Kier molecular flexibility index (Phi) is 4.33. The Morgan fingerprint density at radius 2 is 1.93 bits per heavy atom. The largest absolute Gasteiger partial charge is 0.464 e. The minimum absolute atomic E-state index is 0.685. The SMILES string of the molecule is CNc1cc(-n2nc(C)cc2Nc2cc(-c3ccco3)ccc2C)ncn1. The van der Waals surface area contributed by atoms with Crippen molar-refractivity contribution in [2.45, 2.75) is 13.8 Å².